The quantitative estimate of drug-likeness (QED) is 0.169. The van der Waals surface area contributed by atoms with Gasteiger partial charge in [-0.25, -0.2) is 9.37 Å². The van der Waals surface area contributed by atoms with Gasteiger partial charge in [0.15, 0.2) is 0 Å². The van der Waals surface area contributed by atoms with Gasteiger partial charge in [0.05, 0.1) is 29.6 Å². The number of halogens is 4. The number of fused-ring (bicyclic) bond motifs is 1. The van der Waals surface area contributed by atoms with E-state index >= 15 is 4.39 Å². The number of carbonyl (C=O) groups excluding carboxylic acids is 2. The third-order valence-electron chi connectivity index (χ3n) is 7.96. The van der Waals surface area contributed by atoms with E-state index in [-0.39, 0.29) is 42.2 Å². The van der Waals surface area contributed by atoms with Crippen molar-refractivity contribution in [3.8, 4) is 18.4 Å². The number of aryl methyl sites for hydroxylation is 1. The summed E-state index contributed by atoms with van der Waals surface area (Å²) in [6, 6.07) is 5.68. The molecule has 1 fully saturated rings. The van der Waals surface area contributed by atoms with Crippen LogP contribution in [0.2, 0.25) is 0 Å². The summed E-state index contributed by atoms with van der Waals surface area (Å²) in [7, 11) is 3.33. The SMILES string of the molecule is C#CCN(C)CC=CC(=O)N1CC(OCCCN2CCC(Nc3nc(C)cc(C(F)(F)F)c3C#N)C(=O)N(C)c3cccc(F)c32)C1. The number of para-hydroxylation sites is 1. The van der Waals surface area contributed by atoms with Crippen molar-refractivity contribution in [1.29, 1.82) is 5.26 Å². The number of pyridine rings is 1. The Morgan fingerprint density at radius 2 is 2.06 bits per heavy atom. The maximum atomic E-state index is 15.2. The van der Waals surface area contributed by atoms with Crippen LogP contribution in [-0.4, -0.2) is 98.7 Å². The monoisotopic (exact) mass is 655 g/mol. The maximum Gasteiger partial charge on any atom is 0.417 e. The number of carbonyl (C=O) groups is 2. The van der Waals surface area contributed by atoms with Gasteiger partial charge in [-0.1, -0.05) is 18.1 Å². The van der Waals surface area contributed by atoms with Gasteiger partial charge in [0.1, 0.15) is 29.3 Å². The predicted molar refractivity (Wildman–Crippen MR) is 169 cm³/mol. The molecule has 2 amide bonds. The van der Waals surface area contributed by atoms with Gasteiger partial charge in [0, 0.05) is 58.1 Å². The van der Waals surface area contributed by atoms with E-state index in [0.29, 0.717) is 51.4 Å². The lowest BCUT2D eigenvalue weighted by atomic mass is 10.0. The van der Waals surface area contributed by atoms with Gasteiger partial charge < -0.3 is 24.8 Å². The second-order valence-electron chi connectivity index (χ2n) is 11.5. The van der Waals surface area contributed by atoms with E-state index in [4.69, 9.17) is 11.2 Å². The Labute approximate surface area is 271 Å². The van der Waals surface area contributed by atoms with Crippen LogP contribution in [0.4, 0.5) is 34.8 Å². The summed E-state index contributed by atoms with van der Waals surface area (Å²) >= 11 is 0. The van der Waals surface area contributed by atoms with Crippen molar-refractivity contribution in [3.63, 3.8) is 0 Å². The topological polar surface area (TPSA) is 105 Å². The third-order valence-corrected chi connectivity index (χ3v) is 7.96. The number of anilines is 3. The molecule has 1 aromatic carbocycles. The Morgan fingerprint density at radius 1 is 1.32 bits per heavy atom. The lowest BCUT2D eigenvalue weighted by Gasteiger charge is -2.38. The van der Waals surface area contributed by atoms with E-state index in [0.717, 1.165) is 6.07 Å². The molecule has 4 rings (SSSR count). The number of nitriles is 1. The smallest absolute Gasteiger partial charge is 0.374 e. The molecule has 0 saturated carbocycles. The first-order chi connectivity index (χ1) is 22.3. The van der Waals surface area contributed by atoms with Crippen LogP contribution in [0.3, 0.4) is 0 Å². The molecule has 2 aromatic rings. The second-order valence-corrected chi connectivity index (χ2v) is 11.5. The highest BCUT2D eigenvalue weighted by Crippen LogP contribution is 2.37. The van der Waals surface area contributed by atoms with Gasteiger partial charge in [0.2, 0.25) is 11.8 Å². The van der Waals surface area contributed by atoms with Gasteiger partial charge in [-0.15, -0.1) is 6.42 Å². The van der Waals surface area contributed by atoms with Crippen molar-refractivity contribution in [3.05, 3.63) is 59.1 Å². The first kappa shape index (κ1) is 35.2. The zero-order valence-electron chi connectivity index (χ0n) is 26.5. The third kappa shape index (κ3) is 8.58. The molecule has 10 nitrogen and oxygen atoms in total. The fourth-order valence-electron chi connectivity index (χ4n) is 5.49. The minimum Gasteiger partial charge on any atom is -0.374 e. The molecule has 14 heteroatoms. The number of likely N-dealkylation sites (tertiary alicyclic amines) is 1. The van der Waals surface area contributed by atoms with Crippen molar-refractivity contribution < 1.29 is 31.9 Å². The lowest BCUT2D eigenvalue weighted by molar-refractivity contribution is -0.139. The molecule has 2 aliphatic heterocycles. The minimum absolute atomic E-state index is 0.0267. The molecule has 250 valence electrons. The summed E-state index contributed by atoms with van der Waals surface area (Å²) in [4.78, 5) is 36.6. The Kier molecular flexibility index (Phi) is 11.4. The fraction of sp³-hybridized carbons (Fsp3) is 0.455. The summed E-state index contributed by atoms with van der Waals surface area (Å²) in [6.45, 7) is 4.21. The molecule has 1 saturated heterocycles. The number of aromatic nitrogens is 1. The summed E-state index contributed by atoms with van der Waals surface area (Å²) < 4.78 is 62.3. The molecule has 2 aliphatic rings. The van der Waals surface area contributed by atoms with Crippen LogP contribution in [0.15, 0.2) is 36.4 Å². The molecule has 0 bridgehead atoms. The van der Waals surface area contributed by atoms with Crippen molar-refractivity contribution in [2.45, 2.75) is 38.1 Å². The number of hydrogen-bond donors (Lipinski definition) is 1. The zero-order chi connectivity index (χ0) is 34.3. The highest BCUT2D eigenvalue weighted by atomic mass is 19.4. The minimum atomic E-state index is -4.80. The summed E-state index contributed by atoms with van der Waals surface area (Å²) in [5.41, 5.74) is -1.30. The number of ether oxygens (including phenoxy) is 1. The average molecular weight is 656 g/mol. The van der Waals surface area contributed by atoms with Crippen LogP contribution in [-0.2, 0) is 20.5 Å². The largest absolute Gasteiger partial charge is 0.417 e. The van der Waals surface area contributed by atoms with Crippen molar-refractivity contribution in [1.82, 2.24) is 14.8 Å². The number of hydrogen-bond acceptors (Lipinski definition) is 8. The van der Waals surface area contributed by atoms with E-state index in [1.807, 2.05) is 11.9 Å². The highest BCUT2D eigenvalue weighted by Gasteiger charge is 2.37. The first-order valence-corrected chi connectivity index (χ1v) is 15.1. The number of benzene rings is 1. The molecule has 3 heterocycles. The number of nitrogens with one attached hydrogen (secondary N) is 1. The van der Waals surface area contributed by atoms with Crippen LogP contribution < -0.4 is 15.1 Å². The molecule has 1 atom stereocenters. The molecule has 0 spiro atoms. The van der Waals surface area contributed by atoms with Crippen LogP contribution in [0.25, 0.3) is 0 Å². The van der Waals surface area contributed by atoms with E-state index in [9.17, 15) is 28.0 Å². The molecular weight excluding hydrogens is 618 g/mol. The zero-order valence-corrected chi connectivity index (χ0v) is 26.5. The number of rotatable bonds is 11. The molecular formula is C33H37F4N7O3. The Bertz CT molecular complexity index is 1580. The summed E-state index contributed by atoms with van der Waals surface area (Å²) in [5, 5.41) is 12.4. The number of nitrogens with zero attached hydrogens (tertiary/aromatic N) is 6. The number of alkyl halides is 3. The molecule has 47 heavy (non-hydrogen) atoms. The molecule has 1 aromatic heterocycles. The van der Waals surface area contributed by atoms with E-state index in [2.05, 4.69) is 16.2 Å². The van der Waals surface area contributed by atoms with Crippen LogP contribution in [0.1, 0.15) is 29.7 Å². The lowest BCUT2D eigenvalue weighted by Crippen LogP contribution is -2.54. The fourth-order valence-corrected chi connectivity index (χ4v) is 5.49. The second kappa shape index (κ2) is 15.3. The van der Waals surface area contributed by atoms with Crippen molar-refractivity contribution >= 4 is 29.0 Å². The Hall–Kier alpha value is -4.66. The highest BCUT2D eigenvalue weighted by molar-refractivity contribution is 6.01. The van der Waals surface area contributed by atoms with Gasteiger partial charge in [-0.2, -0.15) is 18.4 Å². The van der Waals surface area contributed by atoms with Crippen molar-refractivity contribution in [2.24, 2.45) is 0 Å². The number of terminal acetylenes is 1. The number of likely N-dealkylation sites (N-methyl/N-ethyl adjacent to an activating group) is 2. The molecule has 0 aliphatic carbocycles. The Morgan fingerprint density at radius 3 is 2.74 bits per heavy atom. The standard InChI is InChI=1S/C33H37F4N7O3/c1-5-13-41(3)14-7-11-29(45)44-20-23(21-44)47-17-8-15-43-16-12-27(32(46)42(4)28-10-6-9-26(34)30(28)43)40-31-24(19-38)25(33(35,36)37)18-22(2)39-31/h1,6-7,9-11,18,23,27H,8,12-17,20-21H2,2-4H3,(H,39,40). The van der Waals surface area contributed by atoms with Crippen LogP contribution >= 0.6 is 0 Å². The first-order valence-electron chi connectivity index (χ1n) is 15.1. The van der Waals surface area contributed by atoms with Gasteiger partial charge in [-0.3, -0.25) is 14.5 Å². The molecule has 0 radical (unpaired) electrons. The van der Waals surface area contributed by atoms with Crippen LogP contribution in [0.5, 0.6) is 0 Å². The summed E-state index contributed by atoms with van der Waals surface area (Å²) in [5.74, 6) is 1.05. The van der Waals surface area contributed by atoms with E-state index in [1.165, 1.54) is 37.1 Å². The predicted octanol–water partition coefficient (Wildman–Crippen LogP) is 3.81. The van der Waals surface area contributed by atoms with Gasteiger partial charge in [-0.05, 0) is 45.0 Å². The van der Waals surface area contributed by atoms with E-state index < -0.39 is 35.1 Å². The van der Waals surface area contributed by atoms with Gasteiger partial charge >= 0.3 is 6.18 Å². The van der Waals surface area contributed by atoms with E-state index in [1.54, 1.807) is 28.0 Å². The normalized spacial score (nSPS) is 17.2. The van der Waals surface area contributed by atoms with Gasteiger partial charge in [0.25, 0.3) is 0 Å². The number of amides is 2. The molecule has 1 unspecified atom stereocenters. The molecule has 1 N–H and O–H groups in total. The maximum absolute atomic E-state index is 15.2. The Balaban J connectivity index is 1.40. The van der Waals surface area contributed by atoms with Crippen LogP contribution in [0, 0.1) is 36.4 Å². The summed E-state index contributed by atoms with van der Waals surface area (Å²) in [6.07, 6.45) is 4.23. The average Bonchev–Trinajstić information content (AvgIpc) is 2.99. The van der Waals surface area contributed by atoms with Crippen molar-refractivity contribution in [2.75, 3.05) is 75.1 Å².